The van der Waals surface area contributed by atoms with Gasteiger partial charge in [0.1, 0.15) is 6.04 Å². The van der Waals surface area contributed by atoms with E-state index in [0.29, 0.717) is 28.6 Å². The summed E-state index contributed by atoms with van der Waals surface area (Å²) in [5.41, 5.74) is 1.34. The molecule has 27 heavy (non-hydrogen) atoms. The van der Waals surface area contributed by atoms with Gasteiger partial charge >= 0.3 is 0 Å². The van der Waals surface area contributed by atoms with Gasteiger partial charge < -0.3 is 20.1 Å². The normalized spacial score (nSPS) is 13.3. The van der Waals surface area contributed by atoms with Crippen molar-refractivity contribution in [1.29, 1.82) is 0 Å². The lowest BCUT2D eigenvalue weighted by Crippen LogP contribution is -2.49. The van der Waals surface area contributed by atoms with E-state index in [1.807, 2.05) is 32.0 Å². The Hall–Kier alpha value is -2.73. The zero-order chi connectivity index (χ0) is 19.4. The largest absolute Gasteiger partial charge is 0.454 e. The molecule has 0 aromatic heterocycles. The van der Waals surface area contributed by atoms with Crippen LogP contribution in [0.25, 0.3) is 0 Å². The van der Waals surface area contributed by atoms with E-state index in [0.717, 1.165) is 5.56 Å². The number of amides is 2. The predicted octanol–water partition coefficient (Wildman–Crippen LogP) is 3.14. The van der Waals surface area contributed by atoms with Gasteiger partial charge in [-0.1, -0.05) is 31.5 Å². The fraction of sp³-hybridized carbons (Fsp3) is 0.300. The lowest BCUT2D eigenvalue weighted by Gasteiger charge is -2.22. The van der Waals surface area contributed by atoms with Crippen molar-refractivity contribution in [3.63, 3.8) is 0 Å². The van der Waals surface area contributed by atoms with Crippen LogP contribution in [0.15, 0.2) is 42.5 Å². The number of carbonyl (C=O) groups excluding carboxylic acids is 2. The second kappa shape index (κ2) is 8.31. The highest BCUT2D eigenvalue weighted by Crippen LogP contribution is 2.32. The second-order valence-electron chi connectivity index (χ2n) is 6.61. The van der Waals surface area contributed by atoms with Crippen molar-refractivity contribution in [2.75, 3.05) is 6.79 Å². The summed E-state index contributed by atoms with van der Waals surface area (Å²) < 4.78 is 10.6. The fourth-order valence-corrected chi connectivity index (χ4v) is 2.84. The van der Waals surface area contributed by atoms with Gasteiger partial charge in [-0.2, -0.15) is 0 Å². The van der Waals surface area contributed by atoms with Crippen LogP contribution in [-0.2, 0) is 11.3 Å². The van der Waals surface area contributed by atoms with Gasteiger partial charge in [0.05, 0.1) is 0 Å². The van der Waals surface area contributed by atoms with Crippen LogP contribution >= 0.6 is 11.6 Å². The number of benzene rings is 2. The minimum Gasteiger partial charge on any atom is -0.454 e. The Balaban J connectivity index is 1.61. The maximum atomic E-state index is 12.6. The summed E-state index contributed by atoms with van der Waals surface area (Å²) in [6, 6.07) is 11.4. The minimum atomic E-state index is -0.651. The van der Waals surface area contributed by atoms with Crippen LogP contribution in [-0.4, -0.2) is 24.6 Å². The van der Waals surface area contributed by atoms with E-state index in [4.69, 9.17) is 21.1 Å². The molecule has 6 nitrogen and oxygen atoms in total. The van der Waals surface area contributed by atoms with Crippen LogP contribution in [0.4, 0.5) is 0 Å². The quantitative estimate of drug-likeness (QED) is 0.797. The molecule has 1 heterocycles. The summed E-state index contributed by atoms with van der Waals surface area (Å²) in [5.74, 6) is 0.727. The Labute approximate surface area is 162 Å². The highest BCUT2D eigenvalue weighted by Gasteiger charge is 2.24. The molecule has 2 amide bonds. The van der Waals surface area contributed by atoms with Gasteiger partial charge in [0.25, 0.3) is 5.91 Å². The molecule has 1 unspecified atom stereocenters. The average molecular weight is 389 g/mol. The first kappa shape index (κ1) is 19.0. The first-order valence-corrected chi connectivity index (χ1v) is 9.04. The summed E-state index contributed by atoms with van der Waals surface area (Å²) in [4.78, 5) is 25.0. The lowest BCUT2D eigenvalue weighted by molar-refractivity contribution is -0.124. The fourth-order valence-electron chi connectivity index (χ4n) is 2.71. The predicted molar refractivity (Wildman–Crippen MR) is 102 cm³/mol. The van der Waals surface area contributed by atoms with Crippen molar-refractivity contribution in [1.82, 2.24) is 10.6 Å². The molecule has 1 aliphatic rings. The molecule has 0 fully saturated rings. The van der Waals surface area contributed by atoms with Crippen molar-refractivity contribution in [3.05, 3.63) is 58.6 Å². The van der Waals surface area contributed by atoms with Crippen LogP contribution < -0.4 is 20.1 Å². The summed E-state index contributed by atoms with van der Waals surface area (Å²) in [6.07, 6.45) is 0. The Bertz CT molecular complexity index is 836. The Morgan fingerprint density at radius 3 is 2.48 bits per heavy atom. The molecule has 1 aliphatic heterocycles. The number of rotatable bonds is 6. The van der Waals surface area contributed by atoms with Crippen molar-refractivity contribution in [2.45, 2.75) is 26.4 Å². The Morgan fingerprint density at radius 2 is 1.78 bits per heavy atom. The third-order valence-electron chi connectivity index (χ3n) is 4.25. The molecule has 2 aromatic carbocycles. The maximum Gasteiger partial charge on any atom is 0.251 e. The molecule has 0 saturated carbocycles. The van der Waals surface area contributed by atoms with Gasteiger partial charge in [0, 0.05) is 17.1 Å². The van der Waals surface area contributed by atoms with Gasteiger partial charge in [0.2, 0.25) is 12.7 Å². The summed E-state index contributed by atoms with van der Waals surface area (Å²) >= 11 is 5.85. The molecule has 0 aliphatic carbocycles. The molecule has 142 valence electrons. The molecule has 1 atom stereocenters. The number of halogens is 1. The molecule has 2 N–H and O–H groups in total. The van der Waals surface area contributed by atoms with Gasteiger partial charge in [0.15, 0.2) is 11.5 Å². The standard InChI is InChI=1S/C20H21ClN2O4/c1-12(2)18(23-19(24)14-4-6-15(21)7-5-14)20(25)22-10-13-3-8-16-17(9-13)27-11-26-16/h3-9,12,18H,10-11H2,1-2H3,(H,22,25)(H,23,24). The van der Waals surface area contributed by atoms with Crippen LogP contribution in [0.3, 0.4) is 0 Å². The van der Waals surface area contributed by atoms with Crippen LogP contribution in [0.2, 0.25) is 5.02 Å². The monoisotopic (exact) mass is 388 g/mol. The number of fused-ring (bicyclic) bond motifs is 1. The van der Waals surface area contributed by atoms with E-state index in [2.05, 4.69) is 10.6 Å². The molecule has 0 saturated heterocycles. The first-order valence-electron chi connectivity index (χ1n) is 8.66. The van der Waals surface area contributed by atoms with E-state index in [1.54, 1.807) is 24.3 Å². The topological polar surface area (TPSA) is 76.7 Å². The van der Waals surface area contributed by atoms with Crippen LogP contribution in [0.5, 0.6) is 11.5 Å². The van der Waals surface area contributed by atoms with Gasteiger partial charge in [-0.05, 0) is 47.9 Å². The SMILES string of the molecule is CC(C)C(NC(=O)c1ccc(Cl)cc1)C(=O)NCc1ccc2c(c1)OCO2. The Morgan fingerprint density at radius 1 is 1.07 bits per heavy atom. The number of hydrogen-bond acceptors (Lipinski definition) is 4. The smallest absolute Gasteiger partial charge is 0.251 e. The summed E-state index contributed by atoms with van der Waals surface area (Å²) in [5, 5.41) is 6.21. The minimum absolute atomic E-state index is 0.0713. The summed E-state index contributed by atoms with van der Waals surface area (Å²) in [7, 11) is 0. The third kappa shape index (κ3) is 4.71. The molecule has 0 radical (unpaired) electrons. The zero-order valence-electron chi connectivity index (χ0n) is 15.1. The summed E-state index contributed by atoms with van der Waals surface area (Å²) in [6.45, 7) is 4.30. The molecule has 0 bridgehead atoms. The maximum absolute atomic E-state index is 12.6. The molecule has 7 heteroatoms. The van der Waals surface area contributed by atoms with Gasteiger partial charge in [-0.3, -0.25) is 9.59 Å². The number of nitrogens with one attached hydrogen (secondary N) is 2. The lowest BCUT2D eigenvalue weighted by atomic mass is 10.0. The second-order valence-corrected chi connectivity index (χ2v) is 7.04. The Kier molecular flexibility index (Phi) is 5.86. The van der Waals surface area contributed by atoms with Crippen molar-refractivity contribution >= 4 is 23.4 Å². The van der Waals surface area contributed by atoms with Gasteiger partial charge in [-0.25, -0.2) is 0 Å². The zero-order valence-corrected chi connectivity index (χ0v) is 15.9. The van der Waals surface area contributed by atoms with E-state index >= 15 is 0 Å². The van der Waals surface area contributed by atoms with E-state index in [9.17, 15) is 9.59 Å². The molecular formula is C20H21ClN2O4. The van der Waals surface area contributed by atoms with Crippen LogP contribution in [0.1, 0.15) is 29.8 Å². The van der Waals surface area contributed by atoms with E-state index in [-0.39, 0.29) is 24.5 Å². The van der Waals surface area contributed by atoms with Crippen molar-refractivity contribution < 1.29 is 19.1 Å². The van der Waals surface area contributed by atoms with E-state index in [1.165, 1.54) is 0 Å². The van der Waals surface area contributed by atoms with E-state index < -0.39 is 6.04 Å². The number of hydrogen-bond donors (Lipinski definition) is 2. The van der Waals surface area contributed by atoms with Crippen molar-refractivity contribution in [2.24, 2.45) is 5.92 Å². The molecule has 2 aromatic rings. The molecule has 3 rings (SSSR count). The third-order valence-corrected chi connectivity index (χ3v) is 4.50. The molecular weight excluding hydrogens is 368 g/mol. The van der Waals surface area contributed by atoms with Gasteiger partial charge in [-0.15, -0.1) is 0 Å². The number of carbonyl (C=O) groups is 2. The highest BCUT2D eigenvalue weighted by molar-refractivity contribution is 6.30. The molecule has 0 spiro atoms. The number of ether oxygens (including phenoxy) is 2. The first-order chi connectivity index (χ1) is 12.9. The van der Waals surface area contributed by atoms with Crippen LogP contribution in [0, 0.1) is 5.92 Å². The highest BCUT2D eigenvalue weighted by atomic mass is 35.5. The van der Waals surface area contributed by atoms with Crippen molar-refractivity contribution in [3.8, 4) is 11.5 Å². The average Bonchev–Trinajstić information content (AvgIpc) is 3.12.